The van der Waals surface area contributed by atoms with Crippen molar-refractivity contribution in [1.82, 2.24) is 5.32 Å². The number of rotatable bonds is 15. The van der Waals surface area contributed by atoms with Gasteiger partial charge in [-0.05, 0) is 0 Å². The molecule has 0 aliphatic carbocycles. The van der Waals surface area contributed by atoms with Crippen LogP contribution in [-0.2, 0) is 37.7 Å². The second kappa shape index (κ2) is 14.7. The van der Waals surface area contributed by atoms with E-state index in [-0.39, 0.29) is 38.7 Å². The predicted octanol–water partition coefficient (Wildman–Crippen LogP) is -1.22. The second-order valence-corrected chi connectivity index (χ2v) is 7.72. The van der Waals surface area contributed by atoms with Crippen LogP contribution in [0.3, 0.4) is 0 Å². The molecule has 0 bridgehead atoms. The highest BCUT2D eigenvalue weighted by atomic mass is 32.2. The van der Waals surface area contributed by atoms with Crippen LogP contribution in [0.1, 0.15) is 13.8 Å². The molecule has 0 rings (SSSR count). The molecule has 0 saturated heterocycles. The zero-order chi connectivity index (χ0) is 21.6. The zero-order valence-electron chi connectivity index (χ0n) is 15.7. The van der Waals surface area contributed by atoms with Crippen molar-refractivity contribution in [3.63, 3.8) is 0 Å². The van der Waals surface area contributed by atoms with Gasteiger partial charge in [-0.25, -0.2) is 4.57 Å². The van der Waals surface area contributed by atoms with Crippen LogP contribution in [0, 0.1) is 0 Å². The zero-order valence-corrected chi connectivity index (χ0v) is 17.4. The molecule has 0 unspecified atom stereocenters. The Morgan fingerprint density at radius 1 is 1.11 bits per heavy atom. The van der Waals surface area contributed by atoms with Crippen LogP contribution >= 0.6 is 19.6 Å². The fourth-order valence-corrected chi connectivity index (χ4v) is 2.94. The summed E-state index contributed by atoms with van der Waals surface area (Å²) in [6.07, 6.45) is -0.634. The van der Waals surface area contributed by atoms with Gasteiger partial charge in [-0.15, -0.1) is 0 Å². The third-order valence-corrected chi connectivity index (χ3v) is 4.50. The fourth-order valence-electron chi connectivity index (χ4n) is 1.66. The lowest BCUT2D eigenvalue weighted by molar-refractivity contribution is -0.154. The molecule has 14 heteroatoms. The maximum atomic E-state index is 11.8. The summed E-state index contributed by atoms with van der Waals surface area (Å²) in [7, 11) is -4.51. The van der Waals surface area contributed by atoms with E-state index in [1.165, 1.54) is 25.6 Å². The molecule has 1 amide bonds. The molecule has 0 fully saturated rings. The first-order valence-electron chi connectivity index (χ1n) is 8.20. The number of thioether (sulfide) groups is 1. The largest absolute Gasteiger partial charge is 0.469 e. The summed E-state index contributed by atoms with van der Waals surface area (Å²) in [5.41, 5.74) is 5.76. The predicted molar refractivity (Wildman–Crippen MR) is 99.3 cm³/mol. The Bertz CT molecular complexity index is 544. The Morgan fingerprint density at radius 3 is 2.36 bits per heavy atom. The molecule has 28 heavy (non-hydrogen) atoms. The topological polar surface area (TPSA) is 184 Å². The Kier molecular flexibility index (Phi) is 14.1. The Labute approximate surface area is 167 Å². The molecule has 0 saturated carbocycles. The van der Waals surface area contributed by atoms with Crippen molar-refractivity contribution < 1.29 is 47.5 Å². The molecule has 0 aromatic heterocycles. The molecule has 0 aliphatic rings. The summed E-state index contributed by atoms with van der Waals surface area (Å²) in [5, 5.41) is 2.55. The first kappa shape index (κ1) is 26.8. The molecule has 12 nitrogen and oxygen atoms in total. The summed E-state index contributed by atoms with van der Waals surface area (Å²) in [5.74, 6) is -0.858. The summed E-state index contributed by atoms with van der Waals surface area (Å²) in [6.45, 7) is 2.38. The van der Waals surface area contributed by atoms with Crippen molar-refractivity contribution in [3.05, 3.63) is 0 Å². The molecule has 0 aromatic rings. The van der Waals surface area contributed by atoms with Crippen molar-refractivity contribution in [3.8, 4) is 0 Å². The molecule has 0 spiro atoms. The molecule has 164 valence electrons. The van der Waals surface area contributed by atoms with Crippen molar-refractivity contribution in [2.24, 2.45) is 5.73 Å². The van der Waals surface area contributed by atoms with Gasteiger partial charge >= 0.3 is 19.8 Å². The summed E-state index contributed by atoms with van der Waals surface area (Å²) in [6, 6.07) is -0.810. The number of nitrogens with one attached hydrogen (secondary N) is 1. The van der Waals surface area contributed by atoms with E-state index in [2.05, 4.69) is 9.84 Å². The van der Waals surface area contributed by atoms with Gasteiger partial charge in [-0.3, -0.25) is 18.9 Å². The molecule has 0 aliphatic heterocycles. The van der Waals surface area contributed by atoms with E-state index in [1.807, 2.05) is 0 Å². The number of phosphoric ester groups is 1. The summed E-state index contributed by atoms with van der Waals surface area (Å²) in [4.78, 5) is 50.7. The summed E-state index contributed by atoms with van der Waals surface area (Å²) >= 11 is 1.27. The number of hydrogen-bond donors (Lipinski definition) is 4. The molecule has 2 atom stereocenters. The van der Waals surface area contributed by atoms with Crippen molar-refractivity contribution in [2.75, 3.05) is 44.5 Å². The van der Waals surface area contributed by atoms with Gasteiger partial charge in [0.15, 0.2) is 0 Å². The van der Waals surface area contributed by atoms with E-state index in [9.17, 15) is 18.9 Å². The monoisotopic (exact) mass is 446 g/mol. The number of hydrogen-bond acceptors (Lipinski definition) is 10. The molecule has 0 heterocycles. The molecule has 0 radical (unpaired) electrons. The van der Waals surface area contributed by atoms with E-state index < -0.39 is 37.8 Å². The Morgan fingerprint density at radius 2 is 1.79 bits per heavy atom. The second-order valence-electron chi connectivity index (χ2n) is 5.41. The van der Waals surface area contributed by atoms with Crippen LogP contribution in [0.15, 0.2) is 0 Å². The number of carbonyl (C=O) groups excluding carboxylic acids is 3. The molecular weight excluding hydrogens is 419 g/mol. The summed E-state index contributed by atoms with van der Waals surface area (Å²) < 4.78 is 29.5. The maximum absolute atomic E-state index is 11.8. The lowest BCUT2D eigenvalue weighted by atomic mass is 10.3. The van der Waals surface area contributed by atoms with Crippen molar-refractivity contribution in [2.45, 2.75) is 26.0 Å². The SMILES string of the molecule is CC(=O)OC[C@H](CSC[C@H](N)C(=O)NCCOCCOP(=O)(O)O)OC(C)=O. The number of ether oxygens (including phenoxy) is 3. The van der Waals surface area contributed by atoms with E-state index in [1.54, 1.807) is 0 Å². The molecular formula is C14H27N2O10PS. The third-order valence-electron chi connectivity index (χ3n) is 2.78. The normalized spacial score (nSPS) is 13.5. The molecule has 5 N–H and O–H groups in total. The van der Waals surface area contributed by atoms with Gasteiger partial charge in [0.25, 0.3) is 0 Å². The van der Waals surface area contributed by atoms with Gasteiger partial charge in [0.05, 0.1) is 25.9 Å². The first-order valence-corrected chi connectivity index (χ1v) is 10.9. The van der Waals surface area contributed by atoms with Crippen LogP contribution in [0.2, 0.25) is 0 Å². The number of carbonyl (C=O) groups is 3. The maximum Gasteiger partial charge on any atom is 0.469 e. The van der Waals surface area contributed by atoms with Gasteiger partial charge < -0.3 is 35.0 Å². The minimum Gasteiger partial charge on any atom is -0.462 e. The van der Waals surface area contributed by atoms with Crippen molar-refractivity contribution in [1.29, 1.82) is 0 Å². The lowest BCUT2D eigenvalue weighted by Crippen LogP contribution is -2.43. The van der Waals surface area contributed by atoms with Crippen LogP contribution in [0.25, 0.3) is 0 Å². The van der Waals surface area contributed by atoms with Crippen LogP contribution in [0.4, 0.5) is 0 Å². The minimum atomic E-state index is -4.51. The quantitative estimate of drug-likeness (QED) is 0.134. The Balaban J connectivity index is 3.92. The lowest BCUT2D eigenvalue weighted by Gasteiger charge is -2.17. The highest BCUT2D eigenvalue weighted by molar-refractivity contribution is 7.99. The highest BCUT2D eigenvalue weighted by Gasteiger charge is 2.18. The number of nitrogens with two attached hydrogens (primary N) is 1. The van der Waals surface area contributed by atoms with Gasteiger partial charge in [0, 0.05) is 31.9 Å². The number of phosphoric acid groups is 1. The van der Waals surface area contributed by atoms with Gasteiger partial charge in [0.2, 0.25) is 5.91 Å². The van der Waals surface area contributed by atoms with E-state index in [0.717, 1.165) is 0 Å². The van der Waals surface area contributed by atoms with Crippen LogP contribution < -0.4 is 11.1 Å². The Hall–Kier alpha value is -1.21. The average Bonchev–Trinajstić information content (AvgIpc) is 2.56. The van der Waals surface area contributed by atoms with Gasteiger partial charge in [0.1, 0.15) is 12.7 Å². The first-order chi connectivity index (χ1) is 13.0. The molecule has 0 aromatic carbocycles. The standard InChI is InChI=1S/C14H27N2O10PS/c1-10(17)24-7-12(26-11(2)18)8-28-9-13(15)14(19)16-3-4-23-5-6-25-27(20,21)22/h12-13H,3-9,15H2,1-2H3,(H,16,19)(H2,20,21,22)/t12-,13+/m1/s1. The van der Waals surface area contributed by atoms with E-state index in [4.69, 9.17) is 29.7 Å². The smallest absolute Gasteiger partial charge is 0.462 e. The van der Waals surface area contributed by atoms with E-state index in [0.29, 0.717) is 5.75 Å². The fraction of sp³-hybridized carbons (Fsp3) is 0.786. The van der Waals surface area contributed by atoms with Gasteiger partial charge in [-0.2, -0.15) is 11.8 Å². The van der Waals surface area contributed by atoms with Gasteiger partial charge in [-0.1, -0.05) is 0 Å². The van der Waals surface area contributed by atoms with Crippen molar-refractivity contribution >= 4 is 37.4 Å². The highest BCUT2D eigenvalue weighted by Crippen LogP contribution is 2.35. The third kappa shape index (κ3) is 16.9. The van der Waals surface area contributed by atoms with Crippen LogP contribution in [-0.4, -0.2) is 84.3 Å². The minimum absolute atomic E-state index is 0.0389. The van der Waals surface area contributed by atoms with Crippen LogP contribution in [0.5, 0.6) is 0 Å². The number of amides is 1. The average molecular weight is 446 g/mol. The van der Waals surface area contributed by atoms with E-state index >= 15 is 0 Å². The number of esters is 2.